The molecule has 0 fully saturated rings. The lowest BCUT2D eigenvalue weighted by Crippen LogP contribution is -2.32. The molecule has 0 atom stereocenters. The van der Waals surface area contributed by atoms with E-state index in [0.29, 0.717) is 6.42 Å². The molecule has 0 aliphatic rings. The van der Waals surface area contributed by atoms with Gasteiger partial charge in [0.1, 0.15) is 11.6 Å². The van der Waals surface area contributed by atoms with Crippen LogP contribution < -0.4 is 10.1 Å². The standard InChI is InChI=1S/C16H20N2O3/c1-16(2,8-6-14(19)20)18-15-13-5-4-12(21-3)10-11(13)7-9-17-15/h4-5,7,9-10H,6,8H2,1-3H3,(H,17,18)(H,19,20). The summed E-state index contributed by atoms with van der Waals surface area (Å²) in [7, 11) is 1.64. The minimum Gasteiger partial charge on any atom is -0.497 e. The number of hydrogen-bond donors (Lipinski definition) is 2. The lowest BCUT2D eigenvalue weighted by Gasteiger charge is -2.27. The molecule has 2 aromatic rings. The van der Waals surface area contributed by atoms with Gasteiger partial charge < -0.3 is 15.2 Å². The first-order valence-corrected chi connectivity index (χ1v) is 6.84. The first-order chi connectivity index (χ1) is 9.91. The van der Waals surface area contributed by atoms with Crippen molar-refractivity contribution in [1.29, 1.82) is 0 Å². The van der Waals surface area contributed by atoms with Crippen molar-refractivity contribution in [3.8, 4) is 5.75 Å². The van der Waals surface area contributed by atoms with E-state index >= 15 is 0 Å². The Bertz CT molecular complexity index is 653. The number of aliphatic carboxylic acids is 1. The van der Waals surface area contributed by atoms with Gasteiger partial charge in [0.25, 0.3) is 0 Å². The number of carboxylic acids is 1. The predicted octanol–water partition coefficient (Wildman–Crippen LogP) is 3.30. The van der Waals surface area contributed by atoms with Crippen molar-refractivity contribution in [3.05, 3.63) is 30.5 Å². The Morgan fingerprint density at radius 3 is 2.81 bits per heavy atom. The SMILES string of the molecule is COc1ccc2c(NC(C)(C)CCC(=O)O)nccc2c1. The Morgan fingerprint density at radius 1 is 1.38 bits per heavy atom. The van der Waals surface area contributed by atoms with E-state index < -0.39 is 5.97 Å². The van der Waals surface area contributed by atoms with Crippen LogP contribution in [-0.4, -0.2) is 28.7 Å². The molecule has 0 unspecified atom stereocenters. The second-order valence-corrected chi connectivity index (χ2v) is 5.65. The van der Waals surface area contributed by atoms with Crippen molar-refractivity contribution in [1.82, 2.24) is 4.98 Å². The van der Waals surface area contributed by atoms with E-state index in [1.165, 1.54) is 0 Å². The number of nitrogens with one attached hydrogen (secondary N) is 1. The molecule has 0 spiro atoms. The molecular formula is C16H20N2O3. The molecule has 1 aromatic heterocycles. The van der Waals surface area contributed by atoms with Gasteiger partial charge in [-0.1, -0.05) is 0 Å². The number of carbonyl (C=O) groups is 1. The second-order valence-electron chi connectivity index (χ2n) is 5.65. The van der Waals surface area contributed by atoms with Crippen LogP contribution in [0.25, 0.3) is 10.8 Å². The normalized spacial score (nSPS) is 11.4. The van der Waals surface area contributed by atoms with Crippen LogP contribution in [0.15, 0.2) is 30.5 Å². The molecule has 5 nitrogen and oxygen atoms in total. The van der Waals surface area contributed by atoms with Gasteiger partial charge in [-0.2, -0.15) is 0 Å². The van der Waals surface area contributed by atoms with Gasteiger partial charge in [-0.05, 0) is 49.9 Å². The molecule has 112 valence electrons. The number of anilines is 1. The van der Waals surface area contributed by atoms with Gasteiger partial charge in [-0.25, -0.2) is 4.98 Å². The first kappa shape index (κ1) is 15.1. The van der Waals surface area contributed by atoms with Crippen molar-refractivity contribution in [2.75, 3.05) is 12.4 Å². The third-order valence-electron chi connectivity index (χ3n) is 3.39. The molecule has 0 radical (unpaired) electrons. The number of benzene rings is 1. The quantitative estimate of drug-likeness (QED) is 0.853. The van der Waals surface area contributed by atoms with E-state index in [-0.39, 0.29) is 12.0 Å². The third-order valence-corrected chi connectivity index (χ3v) is 3.39. The highest BCUT2D eigenvalue weighted by Gasteiger charge is 2.20. The third kappa shape index (κ3) is 3.84. The molecule has 0 bridgehead atoms. The fraction of sp³-hybridized carbons (Fsp3) is 0.375. The number of ether oxygens (including phenoxy) is 1. The molecule has 0 amide bonds. The van der Waals surface area contributed by atoms with Crippen molar-refractivity contribution in [2.45, 2.75) is 32.2 Å². The summed E-state index contributed by atoms with van der Waals surface area (Å²) in [6, 6.07) is 7.72. The number of pyridine rings is 1. The van der Waals surface area contributed by atoms with Gasteiger partial charge >= 0.3 is 5.97 Å². The zero-order chi connectivity index (χ0) is 15.5. The van der Waals surface area contributed by atoms with Crippen LogP contribution in [0.3, 0.4) is 0 Å². The summed E-state index contributed by atoms with van der Waals surface area (Å²) in [5, 5.41) is 14.2. The molecule has 1 aromatic carbocycles. The number of methoxy groups -OCH3 is 1. The van der Waals surface area contributed by atoms with Crippen LogP contribution in [-0.2, 0) is 4.79 Å². The smallest absolute Gasteiger partial charge is 0.303 e. The molecule has 0 aliphatic heterocycles. The van der Waals surface area contributed by atoms with Crippen molar-refractivity contribution in [2.24, 2.45) is 0 Å². The molecule has 0 aliphatic carbocycles. The van der Waals surface area contributed by atoms with Gasteiger partial charge in [-0.15, -0.1) is 0 Å². The topological polar surface area (TPSA) is 71.5 Å². The van der Waals surface area contributed by atoms with Crippen LogP contribution in [0.1, 0.15) is 26.7 Å². The maximum atomic E-state index is 10.7. The average Bonchev–Trinajstić information content (AvgIpc) is 2.44. The molecule has 0 saturated heterocycles. The van der Waals surface area contributed by atoms with Crippen molar-refractivity contribution >= 4 is 22.6 Å². The molecule has 1 heterocycles. The lowest BCUT2D eigenvalue weighted by atomic mass is 9.98. The van der Waals surface area contributed by atoms with Gasteiger partial charge in [0, 0.05) is 23.5 Å². The van der Waals surface area contributed by atoms with Gasteiger partial charge in [0.05, 0.1) is 7.11 Å². The summed E-state index contributed by atoms with van der Waals surface area (Å²) in [6.07, 6.45) is 2.38. The second kappa shape index (κ2) is 5.99. The molecular weight excluding hydrogens is 268 g/mol. The molecule has 21 heavy (non-hydrogen) atoms. The van der Waals surface area contributed by atoms with Gasteiger partial charge in [0.2, 0.25) is 0 Å². The van der Waals surface area contributed by atoms with Crippen molar-refractivity contribution in [3.63, 3.8) is 0 Å². The Labute approximate surface area is 124 Å². The first-order valence-electron chi connectivity index (χ1n) is 6.84. The Hall–Kier alpha value is -2.30. The fourth-order valence-electron chi connectivity index (χ4n) is 2.19. The summed E-state index contributed by atoms with van der Waals surface area (Å²) in [5.74, 6) is 0.760. The summed E-state index contributed by atoms with van der Waals surface area (Å²) in [5.41, 5.74) is -0.348. The molecule has 2 rings (SSSR count). The van der Waals surface area contributed by atoms with Crippen molar-refractivity contribution < 1.29 is 14.6 Å². The highest BCUT2D eigenvalue weighted by molar-refractivity contribution is 5.92. The summed E-state index contributed by atoms with van der Waals surface area (Å²) < 4.78 is 5.22. The van der Waals surface area contributed by atoms with Crippen LogP contribution in [0.4, 0.5) is 5.82 Å². The molecule has 5 heteroatoms. The van der Waals surface area contributed by atoms with E-state index in [4.69, 9.17) is 9.84 Å². The summed E-state index contributed by atoms with van der Waals surface area (Å²) in [6.45, 7) is 3.94. The zero-order valence-corrected chi connectivity index (χ0v) is 12.5. The van der Waals surface area contributed by atoms with E-state index in [9.17, 15) is 4.79 Å². The van der Waals surface area contributed by atoms with Crippen LogP contribution >= 0.6 is 0 Å². The van der Waals surface area contributed by atoms with Gasteiger partial charge in [0.15, 0.2) is 0 Å². The molecule has 2 N–H and O–H groups in total. The van der Waals surface area contributed by atoms with E-state index in [2.05, 4.69) is 10.3 Å². The predicted molar refractivity (Wildman–Crippen MR) is 82.9 cm³/mol. The lowest BCUT2D eigenvalue weighted by molar-refractivity contribution is -0.137. The van der Waals surface area contributed by atoms with Crippen LogP contribution in [0.2, 0.25) is 0 Å². The van der Waals surface area contributed by atoms with Crippen LogP contribution in [0.5, 0.6) is 5.75 Å². The highest BCUT2D eigenvalue weighted by atomic mass is 16.5. The van der Waals surface area contributed by atoms with E-state index in [0.717, 1.165) is 22.3 Å². The Kier molecular flexibility index (Phi) is 4.31. The van der Waals surface area contributed by atoms with E-state index in [1.807, 2.05) is 38.1 Å². The number of nitrogens with zero attached hydrogens (tertiary/aromatic N) is 1. The number of rotatable bonds is 6. The number of carboxylic acid groups (broad SMARTS) is 1. The van der Waals surface area contributed by atoms with Crippen LogP contribution in [0, 0.1) is 0 Å². The largest absolute Gasteiger partial charge is 0.497 e. The zero-order valence-electron chi connectivity index (χ0n) is 12.5. The van der Waals surface area contributed by atoms with Gasteiger partial charge in [-0.3, -0.25) is 4.79 Å². The number of aromatic nitrogens is 1. The monoisotopic (exact) mass is 288 g/mol. The fourth-order valence-corrected chi connectivity index (χ4v) is 2.19. The summed E-state index contributed by atoms with van der Waals surface area (Å²) >= 11 is 0. The minimum atomic E-state index is -0.791. The summed E-state index contributed by atoms with van der Waals surface area (Å²) in [4.78, 5) is 15.1. The van der Waals surface area contributed by atoms with E-state index in [1.54, 1.807) is 13.3 Å². The minimum absolute atomic E-state index is 0.124. The maximum absolute atomic E-state index is 10.7. The Balaban J connectivity index is 2.27. The maximum Gasteiger partial charge on any atom is 0.303 e. The Morgan fingerprint density at radius 2 is 2.14 bits per heavy atom. The number of fused-ring (bicyclic) bond motifs is 1. The number of hydrogen-bond acceptors (Lipinski definition) is 4. The average molecular weight is 288 g/mol. The highest BCUT2D eigenvalue weighted by Crippen LogP contribution is 2.28. The molecule has 0 saturated carbocycles.